The zero-order chi connectivity index (χ0) is 13.3. The molecule has 0 saturated heterocycles. The third-order valence-electron chi connectivity index (χ3n) is 3.11. The van der Waals surface area contributed by atoms with E-state index < -0.39 is 0 Å². The third kappa shape index (κ3) is 2.24. The van der Waals surface area contributed by atoms with Crippen molar-refractivity contribution in [1.82, 2.24) is 9.78 Å². The predicted molar refractivity (Wildman–Crippen MR) is 71.7 cm³/mol. The number of nitrogens with zero attached hydrogens (tertiary/aromatic N) is 2. The molecule has 4 heteroatoms. The summed E-state index contributed by atoms with van der Waals surface area (Å²) in [7, 11) is 3.56. The first-order valence-corrected chi connectivity index (χ1v) is 5.92. The molecule has 2 N–H and O–H groups in total. The van der Waals surface area contributed by atoms with E-state index in [-0.39, 0.29) is 6.04 Å². The fraction of sp³-hybridized carbons (Fsp3) is 0.357. The number of rotatable bonds is 3. The Bertz CT molecular complexity index is 560. The Balaban J connectivity index is 2.50. The summed E-state index contributed by atoms with van der Waals surface area (Å²) in [6.07, 6.45) is 3.73. The smallest absolute Gasteiger partial charge is 0.124 e. The average Bonchev–Trinajstić information content (AvgIpc) is 2.74. The maximum absolute atomic E-state index is 6.32. The largest absolute Gasteiger partial charge is 0.496 e. The van der Waals surface area contributed by atoms with Crippen molar-refractivity contribution in [2.24, 2.45) is 12.8 Å². The van der Waals surface area contributed by atoms with E-state index in [1.165, 1.54) is 5.56 Å². The molecular formula is C14H19N3O. The van der Waals surface area contributed by atoms with Crippen LogP contribution in [0.3, 0.4) is 0 Å². The number of ether oxygens (including phenoxy) is 1. The quantitative estimate of drug-likeness (QED) is 0.901. The lowest BCUT2D eigenvalue weighted by atomic mass is 9.95. The van der Waals surface area contributed by atoms with Crippen LogP contribution in [-0.4, -0.2) is 16.9 Å². The molecule has 0 saturated carbocycles. The van der Waals surface area contributed by atoms with E-state index >= 15 is 0 Å². The fourth-order valence-corrected chi connectivity index (χ4v) is 2.27. The molecule has 0 fully saturated rings. The maximum atomic E-state index is 6.32. The number of hydrogen-bond donors (Lipinski definition) is 1. The number of hydrogen-bond acceptors (Lipinski definition) is 3. The van der Waals surface area contributed by atoms with E-state index in [1.54, 1.807) is 18.0 Å². The highest BCUT2D eigenvalue weighted by Crippen LogP contribution is 2.32. The van der Waals surface area contributed by atoms with E-state index in [0.717, 1.165) is 22.4 Å². The van der Waals surface area contributed by atoms with Crippen molar-refractivity contribution in [2.45, 2.75) is 19.9 Å². The molecule has 1 atom stereocenters. The Labute approximate surface area is 107 Å². The molecule has 1 aromatic carbocycles. The van der Waals surface area contributed by atoms with Crippen LogP contribution in [0.15, 0.2) is 24.5 Å². The van der Waals surface area contributed by atoms with E-state index in [0.29, 0.717) is 0 Å². The normalized spacial score (nSPS) is 12.5. The van der Waals surface area contributed by atoms with Gasteiger partial charge < -0.3 is 10.5 Å². The molecular weight excluding hydrogens is 226 g/mol. The Hall–Kier alpha value is -1.81. The van der Waals surface area contributed by atoms with Gasteiger partial charge in [-0.05, 0) is 31.0 Å². The van der Waals surface area contributed by atoms with Crippen molar-refractivity contribution in [3.05, 3.63) is 46.8 Å². The number of methoxy groups -OCH3 is 1. The van der Waals surface area contributed by atoms with Crippen LogP contribution < -0.4 is 10.5 Å². The molecule has 0 bridgehead atoms. The Morgan fingerprint density at radius 3 is 2.61 bits per heavy atom. The summed E-state index contributed by atoms with van der Waals surface area (Å²) in [6, 6.07) is 3.92. The molecule has 18 heavy (non-hydrogen) atoms. The highest BCUT2D eigenvalue weighted by Gasteiger charge is 2.18. The average molecular weight is 245 g/mol. The van der Waals surface area contributed by atoms with Crippen molar-refractivity contribution >= 4 is 0 Å². The summed E-state index contributed by atoms with van der Waals surface area (Å²) < 4.78 is 7.20. The molecule has 1 unspecified atom stereocenters. The molecule has 2 aromatic rings. The molecule has 96 valence electrons. The van der Waals surface area contributed by atoms with Crippen molar-refractivity contribution in [1.29, 1.82) is 0 Å². The summed E-state index contributed by atoms with van der Waals surface area (Å²) in [5, 5.41) is 4.16. The standard InChI is InChI=1S/C14H19N3O/c1-9-5-10(2)13(12(6-9)18-4)14(15)11-7-16-17(3)8-11/h5-8,14H,15H2,1-4H3. The van der Waals surface area contributed by atoms with Crippen molar-refractivity contribution in [2.75, 3.05) is 7.11 Å². The van der Waals surface area contributed by atoms with Crippen LogP contribution >= 0.6 is 0 Å². The van der Waals surface area contributed by atoms with Gasteiger partial charge in [0.1, 0.15) is 5.75 Å². The van der Waals surface area contributed by atoms with Gasteiger partial charge in [-0.3, -0.25) is 4.68 Å². The molecule has 0 aliphatic rings. The first-order valence-electron chi connectivity index (χ1n) is 5.92. The second kappa shape index (κ2) is 4.82. The highest BCUT2D eigenvalue weighted by molar-refractivity contribution is 5.47. The van der Waals surface area contributed by atoms with Gasteiger partial charge in [-0.25, -0.2) is 0 Å². The van der Waals surface area contributed by atoms with E-state index in [9.17, 15) is 0 Å². The first kappa shape index (κ1) is 12.6. The SMILES string of the molecule is COc1cc(C)cc(C)c1C(N)c1cnn(C)c1. The minimum Gasteiger partial charge on any atom is -0.496 e. The summed E-state index contributed by atoms with van der Waals surface area (Å²) >= 11 is 0. The van der Waals surface area contributed by atoms with Crippen LogP contribution in [0.1, 0.15) is 28.3 Å². The fourth-order valence-electron chi connectivity index (χ4n) is 2.27. The van der Waals surface area contributed by atoms with E-state index in [1.807, 2.05) is 19.3 Å². The molecule has 0 aliphatic heterocycles. The van der Waals surface area contributed by atoms with Crippen LogP contribution in [-0.2, 0) is 7.05 Å². The number of aromatic nitrogens is 2. The predicted octanol–water partition coefficient (Wildman–Crippen LogP) is 2.09. The molecule has 1 heterocycles. The van der Waals surface area contributed by atoms with Crippen LogP contribution in [0.5, 0.6) is 5.75 Å². The van der Waals surface area contributed by atoms with Gasteiger partial charge in [0.25, 0.3) is 0 Å². The van der Waals surface area contributed by atoms with Gasteiger partial charge in [-0.2, -0.15) is 5.10 Å². The molecule has 0 spiro atoms. The van der Waals surface area contributed by atoms with Crippen LogP contribution in [0.25, 0.3) is 0 Å². The van der Waals surface area contributed by atoms with Crippen molar-refractivity contribution in [3.8, 4) is 5.75 Å². The zero-order valence-electron chi connectivity index (χ0n) is 11.3. The lowest BCUT2D eigenvalue weighted by molar-refractivity contribution is 0.407. The van der Waals surface area contributed by atoms with Crippen molar-refractivity contribution < 1.29 is 4.74 Å². The monoisotopic (exact) mass is 245 g/mol. The molecule has 4 nitrogen and oxygen atoms in total. The third-order valence-corrected chi connectivity index (χ3v) is 3.11. The highest BCUT2D eigenvalue weighted by atomic mass is 16.5. The molecule has 0 aliphatic carbocycles. The lowest BCUT2D eigenvalue weighted by Gasteiger charge is -2.18. The van der Waals surface area contributed by atoms with Crippen LogP contribution in [0, 0.1) is 13.8 Å². The summed E-state index contributed by atoms with van der Waals surface area (Å²) in [5.41, 5.74) is 10.7. The van der Waals surface area contributed by atoms with Gasteiger partial charge in [0, 0.05) is 24.4 Å². The van der Waals surface area contributed by atoms with Gasteiger partial charge in [-0.1, -0.05) is 6.07 Å². The number of nitrogens with two attached hydrogens (primary N) is 1. The molecule has 1 aromatic heterocycles. The van der Waals surface area contributed by atoms with Crippen LogP contribution in [0.2, 0.25) is 0 Å². The Morgan fingerprint density at radius 2 is 2.06 bits per heavy atom. The van der Waals surface area contributed by atoms with Gasteiger partial charge in [-0.15, -0.1) is 0 Å². The Morgan fingerprint density at radius 1 is 1.33 bits per heavy atom. The van der Waals surface area contributed by atoms with Crippen LogP contribution in [0.4, 0.5) is 0 Å². The summed E-state index contributed by atoms with van der Waals surface area (Å²) in [5.74, 6) is 0.837. The van der Waals surface area contributed by atoms with E-state index in [2.05, 4.69) is 25.0 Å². The van der Waals surface area contributed by atoms with Gasteiger partial charge in [0.15, 0.2) is 0 Å². The maximum Gasteiger partial charge on any atom is 0.124 e. The molecule has 2 rings (SSSR count). The topological polar surface area (TPSA) is 53.1 Å². The number of benzene rings is 1. The lowest BCUT2D eigenvalue weighted by Crippen LogP contribution is -2.14. The van der Waals surface area contributed by atoms with E-state index in [4.69, 9.17) is 10.5 Å². The second-order valence-electron chi connectivity index (χ2n) is 4.62. The summed E-state index contributed by atoms with van der Waals surface area (Å²) in [4.78, 5) is 0. The van der Waals surface area contributed by atoms with Crippen molar-refractivity contribution in [3.63, 3.8) is 0 Å². The summed E-state index contributed by atoms with van der Waals surface area (Å²) in [6.45, 7) is 4.11. The van der Waals surface area contributed by atoms with Gasteiger partial charge in [0.05, 0.1) is 19.3 Å². The molecule has 0 radical (unpaired) electrons. The number of aryl methyl sites for hydroxylation is 3. The second-order valence-corrected chi connectivity index (χ2v) is 4.62. The van der Waals surface area contributed by atoms with Gasteiger partial charge in [0.2, 0.25) is 0 Å². The Kier molecular flexibility index (Phi) is 3.39. The minimum atomic E-state index is -0.214. The first-order chi connectivity index (χ1) is 8.52. The zero-order valence-corrected chi connectivity index (χ0v) is 11.3. The minimum absolute atomic E-state index is 0.214. The van der Waals surface area contributed by atoms with Gasteiger partial charge >= 0.3 is 0 Å². The molecule has 0 amide bonds.